The van der Waals surface area contributed by atoms with E-state index in [-0.39, 0.29) is 5.41 Å². The third-order valence-corrected chi connectivity index (χ3v) is 2.61. The monoisotopic (exact) mass is 203 g/mol. The van der Waals surface area contributed by atoms with Gasteiger partial charge in [-0.25, -0.2) is 0 Å². The van der Waals surface area contributed by atoms with Gasteiger partial charge in [-0.2, -0.15) is 0 Å². The van der Waals surface area contributed by atoms with Gasteiger partial charge >= 0.3 is 0 Å². The summed E-state index contributed by atoms with van der Waals surface area (Å²) in [5.74, 6) is 0. The van der Waals surface area contributed by atoms with E-state index in [4.69, 9.17) is 5.73 Å². The van der Waals surface area contributed by atoms with Gasteiger partial charge in [-0.05, 0) is 35.1 Å². The first-order valence-electron chi connectivity index (χ1n) is 5.44. The molecule has 0 aliphatic heterocycles. The first kappa shape index (κ1) is 12.0. The zero-order valence-corrected chi connectivity index (χ0v) is 10.0. The van der Waals surface area contributed by atoms with Crippen LogP contribution in [0.1, 0.15) is 38.3 Å². The van der Waals surface area contributed by atoms with Crippen molar-refractivity contribution in [3.63, 3.8) is 0 Å². The Morgan fingerprint density at radius 2 is 1.73 bits per heavy atom. The normalized spacial score (nSPS) is 11.5. The maximum atomic E-state index is 5.51. The molecule has 0 radical (unpaired) electrons. The zero-order chi connectivity index (χ0) is 11.5. The van der Waals surface area contributed by atoms with E-state index < -0.39 is 0 Å². The SMILES string of the molecule is C=C(CCN)c1ccc(C(C)(C)C)cc1. The minimum Gasteiger partial charge on any atom is -0.330 e. The second-order valence-corrected chi connectivity index (χ2v) is 4.97. The van der Waals surface area contributed by atoms with Crippen LogP contribution >= 0.6 is 0 Å². The summed E-state index contributed by atoms with van der Waals surface area (Å²) >= 11 is 0. The van der Waals surface area contributed by atoms with Gasteiger partial charge in [-0.15, -0.1) is 0 Å². The van der Waals surface area contributed by atoms with Crippen LogP contribution in [0.25, 0.3) is 5.57 Å². The molecule has 0 fully saturated rings. The molecule has 1 aromatic rings. The summed E-state index contributed by atoms with van der Waals surface area (Å²) in [4.78, 5) is 0. The summed E-state index contributed by atoms with van der Waals surface area (Å²) in [7, 11) is 0. The minimum atomic E-state index is 0.216. The lowest BCUT2D eigenvalue weighted by Crippen LogP contribution is -2.10. The molecular formula is C14H21N. The molecule has 0 aliphatic carbocycles. The van der Waals surface area contributed by atoms with E-state index in [0.717, 1.165) is 12.0 Å². The summed E-state index contributed by atoms with van der Waals surface area (Å²) < 4.78 is 0. The van der Waals surface area contributed by atoms with Crippen molar-refractivity contribution in [1.82, 2.24) is 0 Å². The highest BCUT2D eigenvalue weighted by Crippen LogP contribution is 2.24. The Morgan fingerprint density at radius 3 is 2.13 bits per heavy atom. The van der Waals surface area contributed by atoms with E-state index >= 15 is 0 Å². The van der Waals surface area contributed by atoms with Crippen LogP contribution in [0, 0.1) is 0 Å². The van der Waals surface area contributed by atoms with Crippen LogP contribution in [0.5, 0.6) is 0 Å². The number of benzene rings is 1. The molecule has 1 heteroatoms. The fourth-order valence-corrected chi connectivity index (χ4v) is 1.52. The number of nitrogens with two attached hydrogens (primary N) is 1. The van der Waals surface area contributed by atoms with Crippen molar-refractivity contribution in [2.24, 2.45) is 5.73 Å². The molecule has 0 bridgehead atoms. The van der Waals surface area contributed by atoms with E-state index in [1.54, 1.807) is 0 Å². The topological polar surface area (TPSA) is 26.0 Å². The summed E-state index contributed by atoms with van der Waals surface area (Å²) in [6.45, 7) is 11.3. The molecule has 15 heavy (non-hydrogen) atoms. The number of hydrogen-bond donors (Lipinski definition) is 1. The van der Waals surface area contributed by atoms with Crippen LogP contribution in [-0.2, 0) is 5.41 Å². The highest BCUT2D eigenvalue weighted by Gasteiger charge is 2.12. The molecule has 1 rings (SSSR count). The van der Waals surface area contributed by atoms with Crippen molar-refractivity contribution in [2.75, 3.05) is 6.54 Å². The van der Waals surface area contributed by atoms with Crippen LogP contribution in [0.4, 0.5) is 0 Å². The molecule has 0 aromatic heterocycles. The average molecular weight is 203 g/mol. The number of hydrogen-bond acceptors (Lipinski definition) is 1. The molecule has 0 unspecified atom stereocenters. The second kappa shape index (κ2) is 4.63. The largest absolute Gasteiger partial charge is 0.330 e. The van der Waals surface area contributed by atoms with Crippen molar-refractivity contribution in [3.8, 4) is 0 Å². The molecule has 0 atom stereocenters. The molecule has 1 nitrogen and oxygen atoms in total. The number of rotatable bonds is 3. The molecule has 0 saturated heterocycles. The molecule has 0 spiro atoms. The third-order valence-electron chi connectivity index (χ3n) is 2.61. The maximum absolute atomic E-state index is 5.51. The molecule has 1 aromatic carbocycles. The average Bonchev–Trinajstić information content (AvgIpc) is 2.17. The van der Waals surface area contributed by atoms with Gasteiger partial charge in [0.05, 0.1) is 0 Å². The van der Waals surface area contributed by atoms with Crippen molar-refractivity contribution in [3.05, 3.63) is 42.0 Å². The molecule has 0 saturated carbocycles. The van der Waals surface area contributed by atoms with E-state index in [1.807, 2.05) is 0 Å². The van der Waals surface area contributed by atoms with Gasteiger partial charge in [0.15, 0.2) is 0 Å². The van der Waals surface area contributed by atoms with Gasteiger partial charge in [0, 0.05) is 0 Å². The predicted molar refractivity (Wildman–Crippen MR) is 67.8 cm³/mol. The maximum Gasteiger partial charge on any atom is -0.00367 e. The van der Waals surface area contributed by atoms with Gasteiger partial charge in [0.25, 0.3) is 0 Å². The molecule has 2 N–H and O–H groups in total. The van der Waals surface area contributed by atoms with Crippen LogP contribution in [-0.4, -0.2) is 6.54 Å². The first-order chi connectivity index (χ1) is 6.95. The smallest absolute Gasteiger partial charge is 0.00367 e. The van der Waals surface area contributed by atoms with E-state index in [0.29, 0.717) is 6.54 Å². The Bertz CT molecular complexity index is 327. The van der Waals surface area contributed by atoms with Gasteiger partial charge in [-0.1, -0.05) is 51.6 Å². The summed E-state index contributed by atoms with van der Waals surface area (Å²) in [6.07, 6.45) is 0.870. The van der Waals surface area contributed by atoms with Gasteiger partial charge in [0.1, 0.15) is 0 Å². The van der Waals surface area contributed by atoms with Crippen LogP contribution in [0.2, 0.25) is 0 Å². The highest BCUT2D eigenvalue weighted by atomic mass is 14.5. The van der Waals surface area contributed by atoms with Crippen molar-refractivity contribution in [2.45, 2.75) is 32.6 Å². The van der Waals surface area contributed by atoms with Gasteiger partial charge in [0.2, 0.25) is 0 Å². The lowest BCUT2D eigenvalue weighted by molar-refractivity contribution is 0.590. The Balaban J connectivity index is 2.86. The molecule has 0 aliphatic rings. The molecular weight excluding hydrogens is 182 g/mol. The fraction of sp³-hybridized carbons (Fsp3) is 0.429. The third kappa shape index (κ3) is 3.21. The van der Waals surface area contributed by atoms with Gasteiger partial charge in [-0.3, -0.25) is 0 Å². The second-order valence-electron chi connectivity index (χ2n) is 4.97. The summed E-state index contributed by atoms with van der Waals surface area (Å²) in [6, 6.07) is 8.63. The predicted octanol–water partition coefficient (Wildman–Crippen LogP) is 3.35. The summed E-state index contributed by atoms with van der Waals surface area (Å²) in [5.41, 5.74) is 9.40. The zero-order valence-electron chi connectivity index (χ0n) is 10.0. The Morgan fingerprint density at radius 1 is 1.20 bits per heavy atom. The Labute approximate surface area is 93.0 Å². The van der Waals surface area contributed by atoms with Crippen LogP contribution in [0.15, 0.2) is 30.8 Å². The van der Waals surface area contributed by atoms with Crippen molar-refractivity contribution >= 4 is 5.57 Å². The van der Waals surface area contributed by atoms with Crippen molar-refractivity contribution in [1.29, 1.82) is 0 Å². The first-order valence-corrected chi connectivity index (χ1v) is 5.44. The van der Waals surface area contributed by atoms with Gasteiger partial charge < -0.3 is 5.73 Å². The van der Waals surface area contributed by atoms with Crippen LogP contribution in [0.3, 0.4) is 0 Å². The Hall–Kier alpha value is -1.08. The fourth-order valence-electron chi connectivity index (χ4n) is 1.52. The standard InChI is InChI=1S/C14H21N/c1-11(9-10-15)12-5-7-13(8-6-12)14(2,3)4/h5-8H,1,9-10,15H2,2-4H3. The van der Waals surface area contributed by atoms with E-state index in [2.05, 4.69) is 51.6 Å². The molecule has 0 amide bonds. The summed E-state index contributed by atoms with van der Waals surface area (Å²) in [5, 5.41) is 0. The highest BCUT2D eigenvalue weighted by molar-refractivity contribution is 5.63. The van der Waals surface area contributed by atoms with E-state index in [9.17, 15) is 0 Å². The molecule has 0 heterocycles. The van der Waals surface area contributed by atoms with E-state index in [1.165, 1.54) is 11.1 Å². The Kier molecular flexibility index (Phi) is 3.70. The van der Waals surface area contributed by atoms with Crippen LogP contribution < -0.4 is 5.73 Å². The molecule has 82 valence electrons. The lowest BCUT2D eigenvalue weighted by Gasteiger charge is -2.19. The lowest BCUT2D eigenvalue weighted by atomic mass is 9.86. The van der Waals surface area contributed by atoms with Crippen molar-refractivity contribution < 1.29 is 0 Å². The minimum absolute atomic E-state index is 0.216. The quantitative estimate of drug-likeness (QED) is 0.801.